The monoisotopic (exact) mass is 275 g/mol. The zero-order valence-electron chi connectivity index (χ0n) is 10.6. The molecule has 0 saturated carbocycles. The number of tetrazole rings is 1. The first-order chi connectivity index (χ1) is 9.74. The predicted octanol–water partition coefficient (Wildman–Crippen LogP) is 0.395. The van der Waals surface area contributed by atoms with Gasteiger partial charge >= 0.3 is 5.97 Å². The number of nitrogens with zero attached hydrogens (tertiary/aromatic N) is 3. The van der Waals surface area contributed by atoms with Gasteiger partial charge in [0.15, 0.2) is 0 Å². The fraction of sp³-hybridized carbons (Fsp3) is 0.333. The summed E-state index contributed by atoms with van der Waals surface area (Å²) in [6.07, 6.45) is 0.497. The van der Waals surface area contributed by atoms with E-state index in [9.17, 15) is 4.79 Å². The molecule has 8 heteroatoms. The summed E-state index contributed by atoms with van der Waals surface area (Å²) < 4.78 is 10.6. The van der Waals surface area contributed by atoms with Gasteiger partial charge in [-0.25, -0.2) is 4.79 Å². The molecule has 1 aliphatic rings. The molecule has 0 bridgehead atoms. The van der Waals surface area contributed by atoms with Crippen LogP contribution in [0.1, 0.15) is 16.8 Å². The number of aromatic nitrogens is 4. The zero-order valence-corrected chi connectivity index (χ0v) is 10.6. The van der Waals surface area contributed by atoms with Crippen LogP contribution < -0.4 is 5.73 Å². The molecule has 0 spiro atoms. The number of carbonyl (C=O) groups excluding carboxylic acids is 1. The number of hydrogen-bond acceptors (Lipinski definition) is 7. The Balaban J connectivity index is 1.90. The molecule has 1 unspecified atom stereocenters. The summed E-state index contributed by atoms with van der Waals surface area (Å²) in [7, 11) is 0. The summed E-state index contributed by atoms with van der Waals surface area (Å²) in [5.74, 6) is -0.146. The van der Waals surface area contributed by atoms with Gasteiger partial charge in [0, 0.05) is 17.7 Å². The maximum Gasteiger partial charge on any atom is 0.339 e. The summed E-state index contributed by atoms with van der Waals surface area (Å²) in [4.78, 5) is 12.2. The van der Waals surface area contributed by atoms with Crippen LogP contribution >= 0.6 is 0 Å². The minimum Gasteiger partial charge on any atom is -0.456 e. The smallest absolute Gasteiger partial charge is 0.339 e. The summed E-state index contributed by atoms with van der Waals surface area (Å²) in [6, 6.07) is 4.84. The highest BCUT2D eigenvalue weighted by atomic mass is 16.6. The molecule has 0 aliphatic carbocycles. The first-order valence-electron chi connectivity index (χ1n) is 6.16. The predicted molar refractivity (Wildman–Crippen MR) is 68.7 cm³/mol. The standard InChI is InChI=1S/C12H13N5O3/c13-7-1-2-9(10(5-7)11-14-16-17-15-11)12(18)20-8-3-4-19-6-8/h1-2,5,8H,3-4,6,13H2,(H,14,15,16,17). The number of nitrogen functional groups attached to an aromatic ring is 1. The number of aromatic amines is 1. The first-order valence-corrected chi connectivity index (χ1v) is 6.16. The molecule has 2 heterocycles. The van der Waals surface area contributed by atoms with Gasteiger partial charge in [-0.1, -0.05) is 0 Å². The molecule has 20 heavy (non-hydrogen) atoms. The van der Waals surface area contributed by atoms with Crippen LogP contribution in [-0.4, -0.2) is 45.9 Å². The number of nitrogens with two attached hydrogens (primary N) is 1. The molecule has 3 rings (SSSR count). The molecule has 1 fully saturated rings. The van der Waals surface area contributed by atoms with Crippen molar-refractivity contribution in [3.63, 3.8) is 0 Å². The fourth-order valence-electron chi connectivity index (χ4n) is 2.02. The number of anilines is 1. The van der Waals surface area contributed by atoms with Crippen molar-refractivity contribution in [2.75, 3.05) is 18.9 Å². The van der Waals surface area contributed by atoms with Crippen molar-refractivity contribution in [3.05, 3.63) is 23.8 Å². The normalized spacial score (nSPS) is 18.1. The fourth-order valence-corrected chi connectivity index (χ4v) is 2.02. The van der Waals surface area contributed by atoms with Crippen LogP contribution in [0.2, 0.25) is 0 Å². The molecule has 3 N–H and O–H groups in total. The number of ether oxygens (including phenoxy) is 2. The molecule has 2 aromatic rings. The van der Waals surface area contributed by atoms with Crippen LogP contribution in [-0.2, 0) is 9.47 Å². The Morgan fingerprint density at radius 1 is 1.50 bits per heavy atom. The summed E-state index contributed by atoms with van der Waals surface area (Å²) >= 11 is 0. The highest BCUT2D eigenvalue weighted by Gasteiger charge is 2.23. The van der Waals surface area contributed by atoms with Gasteiger partial charge in [0.05, 0.1) is 18.8 Å². The lowest BCUT2D eigenvalue weighted by atomic mass is 10.1. The van der Waals surface area contributed by atoms with Crippen molar-refractivity contribution < 1.29 is 14.3 Å². The number of rotatable bonds is 3. The molecule has 104 valence electrons. The second-order valence-corrected chi connectivity index (χ2v) is 4.43. The van der Waals surface area contributed by atoms with E-state index < -0.39 is 5.97 Å². The lowest BCUT2D eigenvalue weighted by molar-refractivity contribution is 0.0271. The van der Waals surface area contributed by atoms with Crippen molar-refractivity contribution in [1.82, 2.24) is 20.6 Å². The maximum atomic E-state index is 12.2. The van der Waals surface area contributed by atoms with Crippen LogP contribution in [0.4, 0.5) is 5.69 Å². The Hall–Kier alpha value is -2.48. The number of hydrogen-bond donors (Lipinski definition) is 2. The SMILES string of the molecule is Nc1ccc(C(=O)OC2CCOC2)c(-c2nn[nH]n2)c1. The Morgan fingerprint density at radius 2 is 2.40 bits per heavy atom. The van der Waals surface area contributed by atoms with Gasteiger partial charge in [-0.3, -0.25) is 0 Å². The van der Waals surface area contributed by atoms with E-state index in [1.54, 1.807) is 18.2 Å². The van der Waals surface area contributed by atoms with E-state index >= 15 is 0 Å². The highest BCUT2D eigenvalue weighted by Crippen LogP contribution is 2.24. The van der Waals surface area contributed by atoms with E-state index in [1.807, 2.05) is 0 Å². The Kier molecular flexibility index (Phi) is 3.30. The Labute approximate surface area is 114 Å². The third-order valence-corrected chi connectivity index (χ3v) is 3.01. The number of nitrogens with one attached hydrogen (secondary N) is 1. The lowest BCUT2D eigenvalue weighted by Crippen LogP contribution is -2.18. The maximum absolute atomic E-state index is 12.2. The molecule has 1 aromatic heterocycles. The largest absolute Gasteiger partial charge is 0.456 e. The van der Waals surface area contributed by atoms with Crippen LogP contribution in [0.25, 0.3) is 11.4 Å². The second kappa shape index (κ2) is 5.25. The molecule has 1 aromatic carbocycles. The molecular weight excluding hydrogens is 262 g/mol. The molecule has 1 atom stereocenters. The zero-order chi connectivity index (χ0) is 13.9. The molecular formula is C12H13N5O3. The number of esters is 1. The highest BCUT2D eigenvalue weighted by molar-refractivity contribution is 5.97. The first kappa shape index (κ1) is 12.5. The number of benzene rings is 1. The minimum absolute atomic E-state index is 0.210. The summed E-state index contributed by atoms with van der Waals surface area (Å²) in [5.41, 5.74) is 7.09. The summed E-state index contributed by atoms with van der Waals surface area (Å²) in [5, 5.41) is 13.6. The van der Waals surface area contributed by atoms with E-state index in [-0.39, 0.29) is 6.10 Å². The van der Waals surface area contributed by atoms with E-state index in [0.29, 0.717) is 42.3 Å². The summed E-state index contributed by atoms with van der Waals surface area (Å²) in [6.45, 7) is 1.04. The van der Waals surface area contributed by atoms with Crippen molar-refractivity contribution >= 4 is 11.7 Å². The molecule has 1 aliphatic heterocycles. The van der Waals surface area contributed by atoms with Crippen molar-refractivity contribution in [2.24, 2.45) is 0 Å². The Bertz CT molecular complexity index is 608. The van der Waals surface area contributed by atoms with Crippen LogP contribution in [0, 0.1) is 0 Å². The van der Waals surface area contributed by atoms with E-state index in [4.69, 9.17) is 15.2 Å². The van der Waals surface area contributed by atoms with Crippen LogP contribution in [0.15, 0.2) is 18.2 Å². The van der Waals surface area contributed by atoms with E-state index in [0.717, 1.165) is 0 Å². The van der Waals surface area contributed by atoms with Gasteiger partial charge in [-0.15, -0.1) is 10.2 Å². The number of carbonyl (C=O) groups is 1. The van der Waals surface area contributed by atoms with Crippen molar-refractivity contribution in [2.45, 2.75) is 12.5 Å². The average molecular weight is 275 g/mol. The van der Waals surface area contributed by atoms with E-state index in [2.05, 4.69) is 20.6 Å². The van der Waals surface area contributed by atoms with E-state index in [1.165, 1.54) is 0 Å². The second-order valence-electron chi connectivity index (χ2n) is 4.43. The van der Waals surface area contributed by atoms with Crippen LogP contribution in [0.3, 0.4) is 0 Å². The minimum atomic E-state index is -0.444. The molecule has 0 amide bonds. The number of H-pyrrole nitrogens is 1. The third-order valence-electron chi connectivity index (χ3n) is 3.01. The molecule has 1 saturated heterocycles. The quantitative estimate of drug-likeness (QED) is 0.615. The third kappa shape index (κ3) is 2.45. The topological polar surface area (TPSA) is 116 Å². The van der Waals surface area contributed by atoms with Gasteiger partial charge in [-0.2, -0.15) is 5.21 Å². The van der Waals surface area contributed by atoms with Gasteiger partial charge in [0.25, 0.3) is 0 Å². The van der Waals surface area contributed by atoms with Crippen molar-refractivity contribution in [3.8, 4) is 11.4 Å². The molecule has 0 radical (unpaired) electrons. The van der Waals surface area contributed by atoms with Crippen LogP contribution in [0.5, 0.6) is 0 Å². The average Bonchev–Trinajstić information content (AvgIpc) is 3.11. The lowest BCUT2D eigenvalue weighted by Gasteiger charge is -2.12. The Morgan fingerprint density at radius 3 is 3.10 bits per heavy atom. The molecule has 8 nitrogen and oxygen atoms in total. The van der Waals surface area contributed by atoms with Gasteiger partial charge in [0.2, 0.25) is 5.82 Å². The van der Waals surface area contributed by atoms with Gasteiger partial charge < -0.3 is 15.2 Å². The van der Waals surface area contributed by atoms with Crippen molar-refractivity contribution in [1.29, 1.82) is 0 Å². The van der Waals surface area contributed by atoms with Gasteiger partial charge in [0.1, 0.15) is 6.10 Å². The van der Waals surface area contributed by atoms with Gasteiger partial charge in [-0.05, 0) is 23.4 Å².